The number of anilines is 1. The van der Waals surface area contributed by atoms with Crippen molar-refractivity contribution in [3.05, 3.63) is 53.4 Å². The number of rotatable bonds is 26. The maximum absolute atomic E-state index is 12.2. The Morgan fingerprint density at radius 3 is 2.00 bits per heavy atom. The third-order valence-electron chi connectivity index (χ3n) is 10.8. The molecule has 6 nitrogen and oxygen atoms in total. The van der Waals surface area contributed by atoms with Crippen LogP contribution >= 0.6 is 19.7 Å². The van der Waals surface area contributed by atoms with E-state index in [0.29, 0.717) is 17.3 Å². The fraction of sp³-hybridized carbons (Fsp3) is 0.683. The Labute approximate surface area is 316 Å². The molecule has 0 aliphatic heterocycles. The quantitative estimate of drug-likeness (QED) is 0.0650. The van der Waals surface area contributed by atoms with Gasteiger partial charge in [0.1, 0.15) is 17.6 Å². The van der Waals surface area contributed by atoms with Crippen molar-refractivity contribution in [1.29, 1.82) is 5.26 Å². The Morgan fingerprint density at radius 2 is 1.42 bits per heavy atom. The summed E-state index contributed by atoms with van der Waals surface area (Å²) < 4.78 is 45.0. The largest absolute Gasteiger partial charge is 0.473 e. The average molecular weight is 762 g/mol. The molecule has 3 unspecified atom stereocenters. The smallest absolute Gasteiger partial charge is 0.389 e. The standard InChI is InChI=1S/C41H60ClF3N5OP/c42-35-21-17-18-22-38(35)51-52(30-28-40(32-46)27-25-34(31-40)36-23-24-37-39(47)48-33-49-50(36)37)29-20-16-14-12-10-8-6-4-2-1-3-5-7-9-11-13-15-19-26-41(43,44)45/h17-18,21-24,33-34H,1-16,19-20,25-31H2,(H2,47,48,49). The highest BCUT2D eigenvalue weighted by Gasteiger charge is 2.41. The number of nitrogens with two attached hydrogens (primary N) is 1. The SMILES string of the molecule is N#CC1(CCP(CCCCCCCCCCCCCCCCCCCCC(F)(F)F)Oc2ccccc2Cl)CCC(c2ccc3c(N)ncnn23)C1. The Bertz CT molecular complexity index is 1500. The van der Waals surface area contributed by atoms with Crippen LogP contribution in [0.5, 0.6) is 5.75 Å². The van der Waals surface area contributed by atoms with Crippen LogP contribution in [-0.4, -0.2) is 33.1 Å². The van der Waals surface area contributed by atoms with Gasteiger partial charge >= 0.3 is 6.18 Å². The molecule has 1 aliphatic carbocycles. The zero-order valence-corrected chi connectivity index (χ0v) is 32.7. The van der Waals surface area contributed by atoms with Gasteiger partial charge in [0.2, 0.25) is 0 Å². The number of benzene rings is 1. The second-order valence-corrected chi connectivity index (χ2v) is 17.4. The lowest BCUT2D eigenvalue weighted by Crippen LogP contribution is -2.17. The van der Waals surface area contributed by atoms with Gasteiger partial charge in [0.25, 0.3) is 0 Å². The molecule has 0 radical (unpaired) electrons. The Balaban J connectivity index is 1.07. The second-order valence-electron chi connectivity index (χ2n) is 15.0. The number of nitrogen functional groups attached to an aromatic ring is 1. The summed E-state index contributed by atoms with van der Waals surface area (Å²) in [4.78, 5) is 4.12. The number of alkyl halides is 3. The minimum absolute atomic E-state index is 0.260. The topological polar surface area (TPSA) is 89.2 Å². The lowest BCUT2D eigenvalue weighted by molar-refractivity contribution is -0.135. The molecule has 2 aromatic heterocycles. The molecule has 0 amide bonds. The highest BCUT2D eigenvalue weighted by Crippen LogP contribution is 2.52. The average Bonchev–Trinajstić information content (AvgIpc) is 3.76. The van der Waals surface area contributed by atoms with Crippen LogP contribution in [0.15, 0.2) is 42.7 Å². The van der Waals surface area contributed by atoms with Crippen LogP contribution in [0.2, 0.25) is 5.02 Å². The molecule has 1 fully saturated rings. The molecule has 1 aromatic carbocycles. The van der Waals surface area contributed by atoms with Gasteiger partial charge < -0.3 is 10.3 Å². The van der Waals surface area contributed by atoms with Crippen LogP contribution in [-0.2, 0) is 0 Å². The number of hydrogen-bond acceptors (Lipinski definition) is 5. The molecular formula is C41H60ClF3N5OP. The van der Waals surface area contributed by atoms with Crippen LogP contribution in [0.3, 0.4) is 0 Å². The minimum Gasteiger partial charge on any atom is -0.473 e. The van der Waals surface area contributed by atoms with Gasteiger partial charge in [-0.1, -0.05) is 126 Å². The first-order valence-corrected chi connectivity index (χ1v) is 21.9. The Kier molecular flexibility index (Phi) is 18.3. The molecule has 2 heterocycles. The van der Waals surface area contributed by atoms with Gasteiger partial charge in [-0.3, -0.25) is 0 Å². The van der Waals surface area contributed by atoms with Crippen LogP contribution in [0.1, 0.15) is 159 Å². The molecule has 2 N–H and O–H groups in total. The normalized spacial score (nSPS) is 18.2. The molecule has 0 spiro atoms. The Hall–Kier alpha value is -2.56. The van der Waals surface area contributed by atoms with Gasteiger partial charge in [0.15, 0.2) is 5.82 Å². The number of nitrogens with zero attached hydrogens (tertiary/aromatic N) is 4. The summed E-state index contributed by atoms with van der Waals surface area (Å²) >= 11 is 6.50. The first kappa shape index (κ1) is 42.2. The summed E-state index contributed by atoms with van der Waals surface area (Å²) in [5.41, 5.74) is 7.63. The summed E-state index contributed by atoms with van der Waals surface area (Å²) in [5.74, 6) is 1.48. The summed E-state index contributed by atoms with van der Waals surface area (Å²) in [7, 11) is -0.760. The fourth-order valence-electron chi connectivity index (χ4n) is 7.69. The summed E-state index contributed by atoms with van der Waals surface area (Å²) in [6.07, 6.45) is 22.9. The molecule has 1 aliphatic rings. The van der Waals surface area contributed by atoms with E-state index in [1.54, 1.807) is 0 Å². The van der Waals surface area contributed by atoms with Gasteiger partial charge in [0, 0.05) is 30.4 Å². The van der Waals surface area contributed by atoms with Crippen molar-refractivity contribution in [1.82, 2.24) is 14.6 Å². The molecule has 3 aromatic rings. The van der Waals surface area contributed by atoms with Crippen LogP contribution in [0.4, 0.5) is 19.0 Å². The van der Waals surface area contributed by atoms with Crippen molar-refractivity contribution in [2.75, 3.05) is 18.1 Å². The van der Waals surface area contributed by atoms with Crippen molar-refractivity contribution in [2.45, 2.75) is 160 Å². The number of hydrogen-bond donors (Lipinski definition) is 1. The number of unbranched alkanes of at least 4 members (excludes halogenated alkanes) is 17. The van der Waals surface area contributed by atoms with Crippen molar-refractivity contribution < 1.29 is 17.7 Å². The maximum Gasteiger partial charge on any atom is 0.389 e. The number of aromatic nitrogens is 3. The summed E-state index contributed by atoms with van der Waals surface area (Å²) in [6, 6.07) is 14.5. The fourth-order valence-corrected chi connectivity index (χ4v) is 10.0. The van der Waals surface area contributed by atoms with Crippen molar-refractivity contribution in [3.8, 4) is 11.8 Å². The number of fused-ring (bicyclic) bond motifs is 1. The van der Waals surface area contributed by atoms with Crippen LogP contribution < -0.4 is 10.3 Å². The van der Waals surface area contributed by atoms with Crippen molar-refractivity contribution in [2.24, 2.45) is 5.41 Å². The molecule has 288 valence electrons. The lowest BCUT2D eigenvalue weighted by Gasteiger charge is -2.25. The van der Waals surface area contributed by atoms with Gasteiger partial charge in [-0.05, 0) is 62.8 Å². The molecule has 3 atom stereocenters. The first-order valence-electron chi connectivity index (χ1n) is 19.9. The van der Waals surface area contributed by atoms with E-state index in [1.165, 1.54) is 83.4 Å². The number of nitriles is 1. The predicted molar refractivity (Wildman–Crippen MR) is 209 cm³/mol. The van der Waals surface area contributed by atoms with Gasteiger partial charge in [0.05, 0.1) is 24.7 Å². The lowest BCUT2D eigenvalue weighted by atomic mass is 9.84. The minimum atomic E-state index is -4.00. The Morgan fingerprint density at radius 1 is 0.846 bits per heavy atom. The third kappa shape index (κ3) is 14.7. The van der Waals surface area contributed by atoms with Crippen molar-refractivity contribution >= 4 is 31.1 Å². The summed E-state index contributed by atoms with van der Waals surface area (Å²) in [6.45, 7) is 0. The number of halogens is 4. The van der Waals surface area contributed by atoms with E-state index in [4.69, 9.17) is 21.9 Å². The van der Waals surface area contributed by atoms with E-state index < -0.39 is 20.7 Å². The van der Waals surface area contributed by atoms with Crippen molar-refractivity contribution in [3.63, 3.8) is 0 Å². The monoisotopic (exact) mass is 761 g/mol. The molecule has 11 heteroatoms. The molecule has 0 saturated heterocycles. The van der Waals surface area contributed by atoms with Gasteiger partial charge in [-0.25, -0.2) is 9.50 Å². The highest BCUT2D eigenvalue weighted by molar-refractivity contribution is 7.52. The maximum atomic E-state index is 12.2. The van der Waals surface area contributed by atoms with E-state index in [-0.39, 0.29) is 17.8 Å². The highest BCUT2D eigenvalue weighted by atomic mass is 35.5. The summed E-state index contributed by atoms with van der Waals surface area (Å²) in [5, 5.41) is 15.5. The molecular weight excluding hydrogens is 702 g/mol. The van der Waals surface area contributed by atoms with E-state index in [0.717, 1.165) is 80.7 Å². The molecule has 52 heavy (non-hydrogen) atoms. The molecule has 4 rings (SSSR count). The second kappa shape index (κ2) is 22.6. The number of para-hydroxylation sites is 1. The zero-order valence-electron chi connectivity index (χ0n) is 31.0. The van der Waals surface area contributed by atoms with E-state index in [9.17, 15) is 18.4 Å². The van der Waals surface area contributed by atoms with E-state index >= 15 is 0 Å². The van der Waals surface area contributed by atoms with Gasteiger partial charge in [-0.2, -0.15) is 23.5 Å². The first-order chi connectivity index (χ1) is 25.2. The van der Waals surface area contributed by atoms with E-state index in [2.05, 4.69) is 22.2 Å². The van der Waals surface area contributed by atoms with E-state index in [1.807, 2.05) is 34.8 Å². The van der Waals surface area contributed by atoms with Crippen LogP contribution in [0.25, 0.3) is 5.52 Å². The zero-order chi connectivity index (χ0) is 37.1. The predicted octanol–water partition coefficient (Wildman–Crippen LogP) is 13.6. The molecule has 1 saturated carbocycles. The third-order valence-corrected chi connectivity index (χ3v) is 13.1. The van der Waals surface area contributed by atoms with Gasteiger partial charge in [-0.15, -0.1) is 0 Å². The molecule has 0 bridgehead atoms. The van der Waals surface area contributed by atoms with Crippen LogP contribution in [0, 0.1) is 16.7 Å².